The summed E-state index contributed by atoms with van der Waals surface area (Å²) in [6.45, 7) is 22.9. The quantitative estimate of drug-likeness (QED) is 0.246. The highest BCUT2D eigenvalue weighted by Crippen LogP contribution is 2.66. The van der Waals surface area contributed by atoms with Crippen molar-refractivity contribution in [2.75, 3.05) is 18.0 Å². The zero-order chi connectivity index (χ0) is 37.1. The van der Waals surface area contributed by atoms with Gasteiger partial charge in [-0.3, -0.25) is 4.79 Å². The molecule has 4 rings (SSSR count). The van der Waals surface area contributed by atoms with Crippen LogP contribution in [0.4, 0.5) is 20.2 Å². The molecule has 1 aliphatic carbocycles. The minimum atomic E-state index is -1.45. The maximum Gasteiger partial charge on any atom is 0.425 e. The molecule has 13 nitrogen and oxygen atoms in total. The number of carbonyl (C=O) groups excluding carboxylic acids is 5. The van der Waals surface area contributed by atoms with E-state index in [9.17, 15) is 24.0 Å². The Balaban J connectivity index is 1.67. The molecule has 13 heteroatoms. The van der Waals surface area contributed by atoms with Gasteiger partial charge >= 0.3 is 30.2 Å². The Labute approximate surface area is 289 Å². The van der Waals surface area contributed by atoms with Crippen molar-refractivity contribution in [3.8, 4) is 0 Å². The Morgan fingerprint density at radius 1 is 0.878 bits per heavy atom. The molecule has 3 aliphatic rings. The number of pyridine rings is 1. The Hall–Kier alpha value is -3.90. The van der Waals surface area contributed by atoms with Gasteiger partial charge < -0.3 is 28.6 Å². The van der Waals surface area contributed by atoms with Gasteiger partial charge in [-0.25, -0.2) is 24.2 Å². The van der Waals surface area contributed by atoms with Crippen LogP contribution in [0.5, 0.6) is 0 Å². The number of imide groups is 1. The first-order chi connectivity index (χ1) is 22.2. The lowest BCUT2D eigenvalue weighted by Crippen LogP contribution is -2.50. The van der Waals surface area contributed by atoms with Crippen LogP contribution >= 0.6 is 0 Å². The molecule has 0 unspecified atom stereocenters. The molecule has 0 N–H and O–H groups in total. The minimum absolute atomic E-state index is 0.00205. The smallest absolute Gasteiger partial charge is 0.425 e. The minimum Gasteiger partial charge on any atom is -0.457 e. The van der Waals surface area contributed by atoms with E-state index < -0.39 is 75.5 Å². The lowest BCUT2D eigenvalue weighted by molar-refractivity contribution is -0.188. The summed E-state index contributed by atoms with van der Waals surface area (Å²) in [5.41, 5.74) is -4.48. The van der Waals surface area contributed by atoms with E-state index in [0.29, 0.717) is 24.1 Å². The number of aromatic nitrogens is 1. The highest BCUT2D eigenvalue weighted by Gasteiger charge is 2.76. The third-order valence-electron chi connectivity index (χ3n) is 9.57. The van der Waals surface area contributed by atoms with E-state index in [1.54, 1.807) is 81.4 Å². The van der Waals surface area contributed by atoms with E-state index in [1.165, 1.54) is 4.90 Å². The zero-order valence-electron chi connectivity index (χ0n) is 31.3. The summed E-state index contributed by atoms with van der Waals surface area (Å²) in [4.78, 5) is 73.7. The van der Waals surface area contributed by atoms with Gasteiger partial charge in [0.15, 0.2) is 0 Å². The molecule has 2 aliphatic heterocycles. The fourth-order valence-corrected chi connectivity index (χ4v) is 6.67. The first-order valence-corrected chi connectivity index (χ1v) is 16.8. The van der Waals surface area contributed by atoms with E-state index in [1.807, 2.05) is 20.8 Å². The predicted octanol–water partition coefficient (Wildman–Crippen LogP) is 6.51. The molecule has 272 valence electrons. The lowest BCUT2D eigenvalue weighted by Gasteiger charge is -2.35. The zero-order valence-corrected chi connectivity index (χ0v) is 31.3. The largest absolute Gasteiger partial charge is 0.457 e. The summed E-state index contributed by atoms with van der Waals surface area (Å²) in [6, 6.07) is 3.37. The molecule has 2 bridgehead atoms. The molecule has 0 radical (unpaired) electrons. The van der Waals surface area contributed by atoms with Crippen molar-refractivity contribution in [2.45, 2.75) is 138 Å². The summed E-state index contributed by atoms with van der Waals surface area (Å²) in [6.07, 6.45) is -2.23. The van der Waals surface area contributed by atoms with Crippen molar-refractivity contribution in [2.24, 2.45) is 16.7 Å². The van der Waals surface area contributed by atoms with E-state index in [-0.39, 0.29) is 25.3 Å². The van der Waals surface area contributed by atoms with Crippen LogP contribution < -0.4 is 4.90 Å². The van der Waals surface area contributed by atoms with Crippen LogP contribution in [-0.4, -0.2) is 81.7 Å². The summed E-state index contributed by atoms with van der Waals surface area (Å²) < 4.78 is 28.7. The van der Waals surface area contributed by atoms with Gasteiger partial charge in [-0.05, 0) is 113 Å². The van der Waals surface area contributed by atoms with Crippen LogP contribution in [0.1, 0.15) is 107 Å². The summed E-state index contributed by atoms with van der Waals surface area (Å²) in [7, 11) is 0. The molecule has 4 atom stereocenters. The van der Waals surface area contributed by atoms with Gasteiger partial charge in [0.2, 0.25) is 5.60 Å². The van der Waals surface area contributed by atoms with Crippen molar-refractivity contribution in [3.05, 3.63) is 23.4 Å². The SMILES string of the molecule is Cc1cc(C[C@@H]2CN(C(=O)OC(C)(C)C)C[C@@H]2OC(=O)[C@@]23CC[C@@](C)(C(=O)O2)C3(C)C)nc(N(C(=O)OC(C)(C)C)C(=O)OC(C)(C)C)c1. The van der Waals surface area contributed by atoms with Crippen molar-refractivity contribution in [1.29, 1.82) is 0 Å². The third kappa shape index (κ3) is 7.65. The van der Waals surface area contributed by atoms with E-state index >= 15 is 0 Å². The van der Waals surface area contributed by atoms with Crippen LogP contribution in [0.3, 0.4) is 0 Å². The molecular weight excluding hydrogens is 634 g/mol. The van der Waals surface area contributed by atoms with E-state index in [4.69, 9.17) is 23.7 Å². The van der Waals surface area contributed by atoms with Gasteiger partial charge in [0.1, 0.15) is 28.7 Å². The number of carbonyl (C=O) groups is 5. The van der Waals surface area contributed by atoms with Crippen molar-refractivity contribution in [1.82, 2.24) is 9.88 Å². The van der Waals surface area contributed by atoms with Crippen LogP contribution in [0.2, 0.25) is 0 Å². The number of anilines is 1. The first-order valence-electron chi connectivity index (χ1n) is 16.8. The molecule has 0 aromatic carbocycles. The second-order valence-electron chi connectivity index (χ2n) is 17.3. The number of likely N-dealkylation sites (tertiary alicyclic amines) is 1. The number of rotatable bonds is 5. The van der Waals surface area contributed by atoms with E-state index in [2.05, 4.69) is 4.98 Å². The fraction of sp³-hybridized carbons (Fsp3) is 0.722. The summed E-state index contributed by atoms with van der Waals surface area (Å²) in [5.74, 6) is -1.53. The molecule has 49 heavy (non-hydrogen) atoms. The number of nitrogens with zero attached hydrogens (tertiary/aromatic N) is 3. The Bertz CT molecular complexity index is 1490. The second kappa shape index (κ2) is 12.5. The monoisotopic (exact) mass is 687 g/mol. The Kier molecular flexibility index (Phi) is 9.64. The number of hydrogen-bond donors (Lipinski definition) is 0. The molecule has 1 aromatic rings. The van der Waals surface area contributed by atoms with Crippen LogP contribution in [0, 0.1) is 23.7 Å². The molecule has 1 saturated carbocycles. The first kappa shape index (κ1) is 37.9. The maximum atomic E-state index is 14.0. The Morgan fingerprint density at radius 3 is 1.90 bits per heavy atom. The molecular formula is C36H53N3O10. The van der Waals surface area contributed by atoms with Crippen LogP contribution in [0.25, 0.3) is 0 Å². The predicted molar refractivity (Wildman–Crippen MR) is 179 cm³/mol. The average Bonchev–Trinajstić information content (AvgIpc) is 3.42. The average molecular weight is 688 g/mol. The lowest BCUT2D eigenvalue weighted by atomic mass is 9.66. The molecule has 3 heterocycles. The van der Waals surface area contributed by atoms with Gasteiger partial charge in [0.25, 0.3) is 0 Å². The maximum absolute atomic E-state index is 14.0. The van der Waals surface area contributed by atoms with Gasteiger partial charge in [-0.15, -0.1) is 0 Å². The molecule has 1 aromatic heterocycles. The highest BCUT2D eigenvalue weighted by atomic mass is 16.6. The normalized spacial score (nSPS) is 26.2. The second-order valence-corrected chi connectivity index (χ2v) is 17.3. The van der Waals surface area contributed by atoms with Crippen molar-refractivity contribution in [3.63, 3.8) is 0 Å². The highest BCUT2D eigenvalue weighted by molar-refractivity contribution is 6.08. The summed E-state index contributed by atoms with van der Waals surface area (Å²) in [5, 5.41) is 0. The fourth-order valence-electron chi connectivity index (χ4n) is 6.67. The third-order valence-corrected chi connectivity index (χ3v) is 9.57. The van der Waals surface area contributed by atoms with Crippen LogP contribution in [0.15, 0.2) is 12.1 Å². The number of amides is 3. The van der Waals surface area contributed by atoms with Crippen molar-refractivity contribution >= 4 is 36.0 Å². The molecule has 2 saturated heterocycles. The van der Waals surface area contributed by atoms with Gasteiger partial charge in [0, 0.05) is 23.6 Å². The van der Waals surface area contributed by atoms with Crippen LogP contribution in [-0.2, 0) is 39.7 Å². The topological polar surface area (TPSA) is 151 Å². The Morgan fingerprint density at radius 2 is 1.43 bits per heavy atom. The molecule has 0 spiro atoms. The number of aryl methyl sites for hydroxylation is 1. The molecule has 3 amide bonds. The van der Waals surface area contributed by atoms with Gasteiger partial charge in [0.05, 0.1) is 12.0 Å². The summed E-state index contributed by atoms with van der Waals surface area (Å²) >= 11 is 0. The molecule has 3 fully saturated rings. The number of ether oxygens (including phenoxy) is 5. The standard InChI is InChI=1S/C36H53N3O10/c1-21-16-23(37-25(17-21)39(29(43)48-32(5,6)7)30(44)49-33(8,9)10)18-22-19-38(28(42)47-31(2,3)4)20-24(22)45-27(41)36-15-14-35(13,26(40)46-36)34(36,11)12/h16-17,22,24H,14-15,18-20H2,1-13H3/t22-,24+,35+,36-/m1/s1. The van der Waals surface area contributed by atoms with E-state index in [0.717, 1.165) is 4.90 Å². The number of hydrogen-bond acceptors (Lipinski definition) is 11. The van der Waals surface area contributed by atoms with Gasteiger partial charge in [-0.2, -0.15) is 4.90 Å². The number of esters is 2. The van der Waals surface area contributed by atoms with Crippen molar-refractivity contribution < 1.29 is 47.7 Å². The number of fused-ring (bicyclic) bond motifs is 2. The van der Waals surface area contributed by atoms with Gasteiger partial charge in [-0.1, -0.05) is 13.8 Å².